The number of fused-ring (bicyclic) bond motifs is 2. The van der Waals surface area contributed by atoms with Gasteiger partial charge in [-0.25, -0.2) is 0 Å². The molecule has 0 aromatic heterocycles. The van der Waals surface area contributed by atoms with Gasteiger partial charge in [-0.2, -0.15) is 0 Å². The molecule has 4 fully saturated rings. The van der Waals surface area contributed by atoms with Gasteiger partial charge in [0.05, 0.1) is 31.5 Å². The van der Waals surface area contributed by atoms with E-state index in [0.29, 0.717) is 24.2 Å². The zero-order valence-electron chi connectivity index (χ0n) is 11.1. The molecule has 0 aromatic rings. The van der Waals surface area contributed by atoms with E-state index in [1.165, 1.54) is 0 Å². The van der Waals surface area contributed by atoms with Gasteiger partial charge in [-0.1, -0.05) is 6.08 Å². The highest BCUT2D eigenvalue weighted by molar-refractivity contribution is 5.30. The summed E-state index contributed by atoms with van der Waals surface area (Å²) in [6.07, 6.45) is 8.99. The Labute approximate surface area is 113 Å². The predicted molar refractivity (Wildman–Crippen MR) is 68.6 cm³/mol. The van der Waals surface area contributed by atoms with Gasteiger partial charge in [-0.05, 0) is 43.6 Å². The fourth-order valence-electron chi connectivity index (χ4n) is 4.00. The van der Waals surface area contributed by atoms with Gasteiger partial charge < -0.3 is 19.7 Å². The number of hydrogen-bond acceptors (Lipinski definition) is 4. The van der Waals surface area contributed by atoms with Gasteiger partial charge in [0.15, 0.2) is 0 Å². The van der Waals surface area contributed by atoms with Crippen molar-refractivity contribution in [1.29, 1.82) is 0 Å². The third-order valence-corrected chi connectivity index (χ3v) is 5.47. The van der Waals surface area contributed by atoms with Crippen molar-refractivity contribution >= 4 is 0 Å². The molecule has 2 aliphatic heterocycles. The molecule has 4 nitrogen and oxygen atoms in total. The summed E-state index contributed by atoms with van der Waals surface area (Å²) in [5, 5.41) is 19.5. The minimum absolute atomic E-state index is 0.0250. The molecule has 2 saturated carbocycles. The first-order valence-electron chi connectivity index (χ1n) is 7.50. The van der Waals surface area contributed by atoms with E-state index < -0.39 is 5.41 Å². The number of hydrogen-bond donors (Lipinski definition) is 2. The topological polar surface area (TPSA) is 65.5 Å². The zero-order chi connectivity index (χ0) is 13.0. The Morgan fingerprint density at radius 2 is 1.89 bits per heavy atom. The molecule has 0 radical (unpaired) electrons. The largest absolute Gasteiger partial charge is 0.395 e. The lowest BCUT2D eigenvalue weighted by molar-refractivity contribution is 0.0670. The van der Waals surface area contributed by atoms with Crippen molar-refractivity contribution in [2.24, 2.45) is 11.3 Å². The van der Waals surface area contributed by atoms with E-state index in [9.17, 15) is 10.2 Å². The number of aliphatic hydroxyl groups excluding tert-OH is 2. The van der Waals surface area contributed by atoms with E-state index in [1.807, 2.05) is 0 Å². The minimum Gasteiger partial charge on any atom is -0.395 e. The fraction of sp³-hybridized carbons (Fsp3) is 0.867. The first-order chi connectivity index (χ1) is 9.25. The molecule has 4 rings (SSSR count). The van der Waals surface area contributed by atoms with Crippen molar-refractivity contribution in [1.82, 2.24) is 0 Å². The molecule has 5 unspecified atom stereocenters. The van der Waals surface area contributed by atoms with Gasteiger partial charge in [-0.15, -0.1) is 0 Å². The Bertz CT molecular complexity index is 401. The van der Waals surface area contributed by atoms with Crippen LogP contribution >= 0.6 is 0 Å². The van der Waals surface area contributed by atoms with Crippen molar-refractivity contribution in [3.63, 3.8) is 0 Å². The first-order valence-corrected chi connectivity index (χ1v) is 7.50. The van der Waals surface area contributed by atoms with Gasteiger partial charge in [0.1, 0.15) is 6.10 Å². The predicted octanol–water partition coefficient (Wildman–Crippen LogP) is 1.01. The quantitative estimate of drug-likeness (QED) is 0.591. The van der Waals surface area contributed by atoms with Gasteiger partial charge in [-0.3, -0.25) is 0 Å². The third-order valence-electron chi connectivity index (χ3n) is 5.47. The SMILES string of the molecule is OCC1(CO)CCC2OC2C1=CC1CCC2OC2C1. The second-order valence-corrected chi connectivity index (χ2v) is 6.64. The molecule has 2 heterocycles. The summed E-state index contributed by atoms with van der Waals surface area (Å²) >= 11 is 0. The van der Waals surface area contributed by atoms with Crippen LogP contribution in [0.1, 0.15) is 32.1 Å². The van der Waals surface area contributed by atoms with Crippen LogP contribution in [0.4, 0.5) is 0 Å². The smallest absolute Gasteiger partial charge is 0.106 e. The van der Waals surface area contributed by atoms with Crippen LogP contribution in [-0.2, 0) is 9.47 Å². The maximum absolute atomic E-state index is 9.76. The van der Waals surface area contributed by atoms with Crippen LogP contribution in [0, 0.1) is 11.3 Å². The monoisotopic (exact) mass is 266 g/mol. The van der Waals surface area contributed by atoms with E-state index in [0.717, 1.165) is 37.7 Å². The molecule has 0 spiro atoms. The van der Waals surface area contributed by atoms with E-state index in [1.54, 1.807) is 0 Å². The number of aliphatic hydroxyl groups is 2. The second-order valence-electron chi connectivity index (χ2n) is 6.64. The zero-order valence-corrected chi connectivity index (χ0v) is 11.1. The van der Waals surface area contributed by atoms with E-state index in [-0.39, 0.29) is 19.3 Å². The molecule has 106 valence electrons. The summed E-state index contributed by atoms with van der Waals surface area (Å²) < 4.78 is 11.3. The van der Waals surface area contributed by atoms with Crippen molar-refractivity contribution in [3.8, 4) is 0 Å². The number of allylic oxidation sites excluding steroid dienone is 1. The Morgan fingerprint density at radius 1 is 1.05 bits per heavy atom. The molecule has 2 aliphatic carbocycles. The van der Waals surface area contributed by atoms with Crippen LogP contribution in [0.2, 0.25) is 0 Å². The van der Waals surface area contributed by atoms with Crippen LogP contribution in [0.25, 0.3) is 0 Å². The Balaban J connectivity index is 1.58. The highest BCUT2D eigenvalue weighted by Crippen LogP contribution is 2.51. The van der Waals surface area contributed by atoms with Crippen LogP contribution < -0.4 is 0 Å². The lowest BCUT2D eigenvalue weighted by atomic mass is 9.69. The maximum atomic E-state index is 9.76. The van der Waals surface area contributed by atoms with Gasteiger partial charge in [0.2, 0.25) is 0 Å². The molecule has 5 atom stereocenters. The van der Waals surface area contributed by atoms with Gasteiger partial charge >= 0.3 is 0 Å². The van der Waals surface area contributed by atoms with Crippen LogP contribution in [-0.4, -0.2) is 47.8 Å². The lowest BCUT2D eigenvalue weighted by Crippen LogP contribution is -2.38. The summed E-state index contributed by atoms with van der Waals surface area (Å²) in [6, 6.07) is 0. The van der Waals surface area contributed by atoms with Crippen LogP contribution in [0.15, 0.2) is 11.6 Å². The molecule has 2 saturated heterocycles. The van der Waals surface area contributed by atoms with E-state index in [2.05, 4.69) is 6.08 Å². The molecule has 4 aliphatic rings. The van der Waals surface area contributed by atoms with Gasteiger partial charge in [0.25, 0.3) is 0 Å². The highest BCUT2D eigenvalue weighted by Gasteiger charge is 2.54. The summed E-state index contributed by atoms with van der Waals surface area (Å²) in [6.45, 7) is 0.0500. The average molecular weight is 266 g/mol. The van der Waals surface area contributed by atoms with E-state index in [4.69, 9.17) is 9.47 Å². The molecular weight excluding hydrogens is 244 g/mol. The molecular formula is C15H22O4. The molecule has 19 heavy (non-hydrogen) atoms. The maximum Gasteiger partial charge on any atom is 0.106 e. The Hall–Kier alpha value is -0.420. The van der Waals surface area contributed by atoms with Crippen molar-refractivity contribution < 1.29 is 19.7 Å². The van der Waals surface area contributed by atoms with Crippen molar-refractivity contribution in [2.75, 3.05) is 13.2 Å². The van der Waals surface area contributed by atoms with E-state index >= 15 is 0 Å². The van der Waals surface area contributed by atoms with Crippen molar-refractivity contribution in [2.45, 2.75) is 56.5 Å². The fourth-order valence-corrected chi connectivity index (χ4v) is 4.00. The average Bonchev–Trinajstić information content (AvgIpc) is 3.33. The normalized spacial score (nSPS) is 48.5. The molecule has 0 amide bonds. The number of epoxide rings is 2. The molecule has 0 aromatic carbocycles. The summed E-state index contributed by atoms with van der Waals surface area (Å²) in [5.74, 6) is 0.527. The number of ether oxygens (including phenoxy) is 2. The molecule has 4 heteroatoms. The summed E-state index contributed by atoms with van der Waals surface area (Å²) in [7, 11) is 0. The number of rotatable bonds is 3. The highest BCUT2D eigenvalue weighted by atomic mass is 16.6. The molecule has 0 bridgehead atoms. The Morgan fingerprint density at radius 3 is 2.63 bits per heavy atom. The molecule has 2 N–H and O–H groups in total. The Kier molecular flexibility index (Phi) is 2.78. The van der Waals surface area contributed by atoms with Crippen molar-refractivity contribution in [3.05, 3.63) is 11.6 Å². The first kappa shape index (κ1) is 12.3. The third kappa shape index (κ3) is 1.97. The van der Waals surface area contributed by atoms with Gasteiger partial charge in [0, 0.05) is 5.41 Å². The van der Waals surface area contributed by atoms with Crippen LogP contribution in [0.5, 0.6) is 0 Å². The minimum atomic E-state index is -0.446. The van der Waals surface area contributed by atoms with Crippen LogP contribution in [0.3, 0.4) is 0 Å². The standard InChI is InChI=1S/C15H22O4/c16-7-15(8-17)4-3-12-14(19-12)10(15)5-9-1-2-11-13(6-9)18-11/h5,9,11-14,16-17H,1-4,6-8H2. The second kappa shape index (κ2) is 4.29. The lowest BCUT2D eigenvalue weighted by Gasteiger charge is -2.35. The summed E-state index contributed by atoms with van der Waals surface area (Å²) in [4.78, 5) is 0. The summed E-state index contributed by atoms with van der Waals surface area (Å²) in [5.41, 5.74) is 0.719.